The topological polar surface area (TPSA) is 81.6 Å². The van der Waals surface area contributed by atoms with Crippen molar-refractivity contribution < 1.29 is 0 Å². The van der Waals surface area contributed by atoms with Gasteiger partial charge in [0.15, 0.2) is 11.4 Å². The number of nitrogens with zero attached hydrogens (tertiary/aromatic N) is 2. The van der Waals surface area contributed by atoms with Crippen molar-refractivity contribution in [3.8, 4) is 6.07 Å². The SMILES string of the molecule is CCCNc1nc(Cc2cccc(Cl)c2)[nH]c(=O)c1C#N. The Kier molecular flexibility index (Phi) is 4.96. The molecule has 0 radical (unpaired) electrons. The van der Waals surface area contributed by atoms with Crippen LogP contribution in [0.1, 0.15) is 30.3 Å². The van der Waals surface area contributed by atoms with E-state index in [0.717, 1.165) is 12.0 Å². The maximum Gasteiger partial charge on any atom is 0.271 e. The molecule has 0 atom stereocenters. The van der Waals surface area contributed by atoms with Gasteiger partial charge in [-0.15, -0.1) is 0 Å². The third-order valence-corrected chi connectivity index (χ3v) is 3.12. The first-order valence-corrected chi connectivity index (χ1v) is 7.03. The smallest absolute Gasteiger partial charge is 0.271 e. The standard InChI is InChI=1S/C15H15ClN4O/c1-2-6-18-14-12(9-17)15(21)20-13(19-14)8-10-4-3-5-11(16)7-10/h3-5,7H,2,6,8H2,1H3,(H2,18,19,20,21). The molecule has 0 bridgehead atoms. The Morgan fingerprint density at radius 3 is 2.95 bits per heavy atom. The molecule has 2 rings (SSSR count). The molecule has 0 fully saturated rings. The van der Waals surface area contributed by atoms with E-state index in [0.29, 0.717) is 29.6 Å². The minimum atomic E-state index is -0.428. The summed E-state index contributed by atoms with van der Waals surface area (Å²) in [6.45, 7) is 2.65. The van der Waals surface area contributed by atoms with Crippen LogP contribution in [0.2, 0.25) is 5.02 Å². The third kappa shape index (κ3) is 3.83. The van der Waals surface area contributed by atoms with E-state index in [4.69, 9.17) is 16.9 Å². The van der Waals surface area contributed by atoms with Crippen LogP contribution < -0.4 is 10.9 Å². The molecule has 6 heteroatoms. The molecule has 2 aromatic rings. The molecule has 2 N–H and O–H groups in total. The molecule has 5 nitrogen and oxygen atoms in total. The van der Waals surface area contributed by atoms with Crippen molar-refractivity contribution >= 4 is 17.4 Å². The molecule has 1 aromatic heterocycles. The Hall–Kier alpha value is -2.32. The summed E-state index contributed by atoms with van der Waals surface area (Å²) >= 11 is 5.94. The van der Waals surface area contributed by atoms with Crippen molar-refractivity contribution in [2.45, 2.75) is 19.8 Å². The quantitative estimate of drug-likeness (QED) is 0.889. The van der Waals surface area contributed by atoms with E-state index in [1.807, 2.05) is 31.2 Å². The molecule has 0 unspecified atom stereocenters. The van der Waals surface area contributed by atoms with E-state index >= 15 is 0 Å². The molecule has 0 amide bonds. The number of rotatable bonds is 5. The predicted molar refractivity (Wildman–Crippen MR) is 82.6 cm³/mol. The molecule has 0 saturated carbocycles. The Balaban J connectivity index is 2.34. The van der Waals surface area contributed by atoms with Crippen LogP contribution >= 0.6 is 11.6 Å². The lowest BCUT2D eigenvalue weighted by molar-refractivity contribution is 0.914. The first kappa shape index (κ1) is 15.1. The second-order valence-electron chi connectivity index (χ2n) is 4.58. The van der Waals surface area contributed by atoms with Crippen molar-refractivity contribution in [2.75, 3.05) is 11.9 Å². The number of H-pyrrole nitrogens is 1. The van der Waals surface area contributed by atoms with Gasteiger partial charge < -0.3 is 10.3 Å². The van der Waals surface area contributed by atoms with E-state index in [2.05, 4.69) is 15.3 Å². The number of aromatic nitrogens is 2. The van der Waals surface area contributed by atoms with E-state index in [9.17, 15) is 4.79 Å². The molecule has 0 saturated heterocycles. The zero-order valence-corrected chi connectivity index (χ0v) is 12.4. The van der Waals surface area contributed by atoms with E-state index in [-0.39, 0.29) is 5.56 Å². The number of nitriles is 1. The van der Waals surface area contributed by atoms with Gasteiger partial charge in [0.2, 0.25) is 0 Å². The normalized spacial score (nSPS) is 10.1. The number of aromatic amines is 1. The fourth-order valence-corrected chi connectivity index (χ4v) is 2.13. The number of benzene rings is 1. The number of anilines is 1. The molecule has 0 spiro atoms. The summed E-state index contributed by atoms with van der Waals surface area (Å²) in [6.07, 6.45) is 1.32. The van der Waals surface area contributed by atoms with Crippen LogP contribution in [0.25, 0.3) is 0 Å². The lowest BCUT2D eigenvalue weighted by Crippen LogP contribution is -2.19. The van der Waals surface area contributed by atoms with Gasteiger partial charge >= 0.3 is 0 Å². The monoisotopic (exact) mass is 302 g/mol. The van der Waals surface area contributed by atoms with Gasteiger partial charge in [-0.3, -0.25) is 4.79 Å². The van der Waals surface area contributed by atoms with Crippen LogP contribution in [-0.2, 0) is 6.42 Å². The molecule has 1 heterocycles. The molecule has 0 aliphatic rings. The fourth-order valence-electron chi connectivity index (χ4n) is 1.92. The number of nitrogens with one attached hydrogen (secondary N) is 2. The third-order valence-electron chi connectivity index (χ3n) is 2.88. The minimum Gasteiger partial charge on any atom is -0.369 e. The first-order chi connectivity index (χ1) is 10.1. The van der Waals surface area contributed by atoms with E-state index in [1.54, 1.807) is 6.07 Å². The van der Waals surface area contributed by atoms with Crippen LogP contribution in [-0.4, -0.2) is 16.5 Å². The van der Waals surface area contributed by atoms with Crippen molar-refractivity contribution in [1.82, 2.24) is 9.97 Å². The van der Waals surface area contributed by atoms with Crippen molar-refractivity contribution in [3.05, 3.63) is 56.6 Å². The highest BCUT2D eigenvalue weighted by Crippen LogP contribution is 2.14. The Morgan fingerprint density at radius 2 is 2.29 bits per heavy atom. The van der Waals surface area contributed by atoms with Gasteiger partial charge in [0.1, 0.15) is 11.9 Å². The Bertz CT molecular complexity index is 733. The molecular weight excluding hydrogens is 288 g/mol. The lowest BCUT2D eigenvalue weighted by atomic mass is 10.1. The van der Waals surface area contributed by atoms with Crippen LogP contribution in [0, 0.1) is 11.3 Å². The summed E-state index contributed by atoms with van der Waals surface area (Å²) < 4.78 is 0. The second-order valence-corrected chi connectivity index (χ2v) is 5.02. The summed E-state index contributed by atoms with van der Waals surface area (Å²) in [7, 11) is 0. The number of halogens is 1. The molecule has 0 aliphatic heterocycles. The minimum absolute atomic E-state index is 0.0123. The van der Waals surface area contributed by atoms with Gasteiger partial charge in [-0.1, -0.05) is 30.7 Å². The lowest BCUT2D eigenvalue weighted by Gasteiger charge is -2.08. The summed E-state index contributed by atoms with van der Waals surface area (Å²) in [5.41, 5.74) is 0.526. The van der Waals surface area contributed by atoms with Gasteiger partial charge in [-0.05, 0) is 24.1 Å². The largest absolute Gasteiger partial charge is 0.369 e. The Labute approximate surface area is 127 Å². The highest BCUT2D eigenvalue weighted by molar-refractivity contribution is 6.30. The van der Waals surface area contributed by atoms with Gasteiger partial charge in [-0.25, -0.2) is 4.98 Å². The molecular formula is C15H15ClN4O. The molecule has 108 valence electrons. The fraction of sp³-hybridized carbons (Fsp3) is 0.267. The number of hydrogen-bond acceptors (Lipinski definition) is 4. The van der Waals surface area contributed by atoms with Gasteiger partial charge in [0.05, 0.1) is 0 Å². The highest BCUT2D eigenvalue weighted by Gasteiger charge is 2.11. The van der Waals surface area contributed by atoms with Crippen LogP contribution in [0.4, 0.5) is 5.82 Å². The van der Waals surface area contributed by atoms with Crippen LogP contribution in [0.15, 0.2) is 29.1 Å². The zero-order chi connectivity index (χ0) is 15.2. The molecule has 1 aromatic carbocycles. The van der Waals surface area contributed by atoms with Crippen LogP contribution in [0.3, 0.4) is 0 Å². The molecule has 21 heavy (non-hydrogen) atoms. The van der Waals surface area contributed by atoms with Crippen LogP contribution in [0.5, 0.6) is 0 Å². The summed E-state index contributed by atoms with van der Waals surface area (Å²) in [4.78, 5) is 18.9. The maximum absolute atomic E-state index is 11.9. The van der Waals surface area contributed by atoms with Gasteiger partial charge in [-0.2, -0.15) is 5.26 Å². The predicted octanol–water partition coefficient (Wildman–Crippen LogP) is 2.71. The number of hydrogen-bond donors (Lipinski definition) is 2. The van der Waals surface area contributed by atoms with E-state index in [1.165, 1.54) is 0 Å². The summed E-state index contributed by atoms with van der Waals surface area (Å²) in [5.74, 6) is 0.833. The van der Waals surface area contributed by atoms with Crippen molar-refractivity contribution in [2.24, 2.45) is 0 Å². The van der Waals surface area contributed by atoms with Gasteiger partial charge in [0.25, 0.3) is 5.56 Å². The maximum atomic E-state index is 11.9. The first-order valence-electron chi connectivity index (χ1n) is 6.65. The summed E-state index contributed by atoms with van der Waals surface area (Å²) in [5, 5.41) is 12.7. The average Bonchev–Trinajstić information content (AvgIpc) is 2.45. The van der Waals surface area contributed by atoms with E-state index < -0.39 is 5.56 Å². The highest BCUT2D eigenvalue weighted by atomic mass is 35.5. The molecule has 0 aliphatic carbocycles. The second kappa shape index (κ2) is 6.91. The average molecular weight is 303 g/mol. The van der Waals surface area contributed by atoms with Crippen molar-refractivity contribution in [3.63, 3.8) is 0 Å². The Morgan fingerprint density at radius 1 is 1.48 bits per heavy atom. The van der Waals surface area contributed by atoms with Crippen molar-refractivity contribution in [1.29, 1.82) is 5.26 Å². The zero-order valence-electron chi connectivity index (χ0n) is 11.6. The summed E-state index contributed by atoms with van der Waals surface area (Å²) in [6, 6.07) is 9.24. The van der Waals surface area contributed by atoms with Gasteiger partial charge in [0, 0.05) is 18.0 Å².